The maximum absolute atomic E-state index is 12.5. The first-order chi connectivity index (χ1) is 9.84. The summed E-state index contributed by atoms with van der Waals surface area (Å²) >= 11 is 0. The third-order valence-corrected chi connectivity index (χ3v) is 5.57. The van der Waals surface area contributed by atoms with Crippen LogP contribution in [-0.2, 0) is 16.6 Å². The monoisotopic (exact) mass is 314 g/mol. The van der Waals surface area contributed by atoms with E-state index in [1.165, 1.54) is 0 Å². The van der Waals surface area contributed by atoms with Crippen LogP contribution in [0.15, 0.2) is 11.2 Å². The first kappa shape index (κ1) is 16.5. The van der Waals surface area contributed by atoms with Crippen LogP contribution < -0.4 is 10.0 Å². The van der Waals surface area contributed by atoms with Gasteiger partial charge in [0.2, 0.25) is 0 Å². The second-order valence-corrected chi connectivity index (χ2v) is 8.23. The molecule has 1 saturated carbocycles. The number of hydrogen-bond acceptors (Lipinski definition) is 4. The molecule has 0 bridgehead atoms. The highest BCUT2D eigenvalue weighted by molar-refractivity contribution is 7.89. The number of nitrogens with zero attached hydrogens (tertiary/aromatic N) is 1. The number of hydrogen-bond donors (Lipinski definition) is 3. The zero-order valence-electron chi connectivity index (χ0n) is 13.1. The standard InChI is InChI=1S/C14H26N4O2S/c1-4-15-9-11-10-16-17-13(11)21(19,20)18-12-6-5-7-14(2,3)8-12/h10,12,15,18H,4-9H2,1-3H3,(H,16,17). The van der Waals surface area contributed by atoms with Crippen LogP contribution in [0.2, 0.25) is 0 Å². The Hall–Kier alpha value is -0.920. The van der Waals surface area contributed by atoms with Crippen LogP contribution in [0.3, 0.4) is 0 Å². The van der Waals surface area contributed by atoms with E-state index >= 15 is 0 Å². The van der Waals surface area contributed by atoms with E-state index in [-0.39, 0.29) is 16.5 Å². The maximum atomic E-state index is 12.5. The molecule has 1 aliphatic carbocycles. The maximum Gasteiger partial charge on any atom is 0.258 e. The molecule has 2 rings (SSSR count). The van der Waals surface area contributed by atoms with Crippen LogP contribution in [0.4, 0.5) is 0 Å². The molecule has 0 radical (unpaired) electrons. The van der Waals surface area contributed by atoms with Crippen molar-refractivity contribution < 1.29 is 8.42 Å². The van der Waals surface area contributed by atoms with Crippen LogP contribution in [-0.4, -0.2) is 31.2 Å². The highest BCUT2D eigenvalue weighted by Gasteiger charge is 2.32. The molecule has 0 aliphatic heterocycles. The fourth-order valence-electron chi connectivity index (χ4n) is 2.99. The lowest BCUT2D eigenvalue weighted by atomic mass is 9.75. The topological polar surface area (TPSA) is 86.9 Å². The Bertz CT molecular complexity index is 565. The Morgan fingerprint density at radius 1 is 1.48 bits per heavy atom. The Morgan fingerprint density at radius 3 is 2.90 bits per heavy atom. The fourth-order valence-corrected chi connectivity index (χ4v) is 4.40. The third-order valence-electron chi connectivity index (χ3n) is 4.04. The molecule has 21 heavy (non-hydrogen) atoms. The molecule has 3 N–H and O–H groups in total. The first-order valence-corrected chi connectivity index (χ1v) is 9.08. The van der Waals surface area contributed by atoms with Crippen LogP contribution in [0.5, 0.6) is 0 Å². The summed E-state index contributed by atoms with van der Waals surface area (Å²) in [4.78, 5) is 0. The van der Waals surface area contributed by atoms with Crippen LogP contribution in [0, 0.1) is 5.41 Å². The molecule has 1 atom stereocenters. The Labute approximate surface area is 127 Å². The van der Waals surface area contributed by atoms with E-state index in [9.17, 15) is 8.42 Å². The van der Waals surface area contributed by atoms with Gasteiger partial charge in [0.1, 0.15) is 0 Å². The van der Waals surface area contributed by atoms with Crippen LogP contribution in [0.1, 0.15) is 52.0 Å². The smallest absolute Gasteiger partial charge is 0.258 e. The Kier molecular flexibility index (Phi) is 5.06. The number of rotatable bonds is 6. The lowest BCUT2D eigenvalue weighted by molar-refractivity contribution is 0.212. The van der Waals surface area contributed by atoms with Gasteiger partial charge in [-0.15, -0.1) is 0 Å². The lowest BCUT2D eigenvalue weighted by Gasteiger charge is -2.35. The molecule has 120 valence electrons. The summed E-state index contributed by atoms with van der Waals surface area (Å²) in [5, 5.41) is 9.82. The van der Waals surface area contributed by atoms with E-state index in [1.54, 1.807) is 6.20 Å². The van der Waals surface area contributed by atoms with Crippen molar-refractivity contribution in [2.75, 3.05) is 6.54 Å². The zero-order chi connectivity index (χ0) is 15.5. The minimum Gasteiger partial charge on any atom is -0.313 e. The van der Waals surface area contributed by atoms with E-state index in [4.69, 9.17) is 0 Å². The number of aromatic amines is 1. The Balaban J connectivity index is 2.10. The van der Waals surface area contributed by atoms with Crippen molar-refractivity contribution in [2.24, 2.45) is 5.41 Å². The van der Waals surface area contributed by atoms with Crippen molar-refractivity contribution in [1.82, 2.24) is 20.2 Å². The highest BCUT2D eigenvalue weighted by atomic mass is 32.2. The molecule has 1 fully saturated rings. The van der Waals surface area contributed by atoms with Gasteiger partial charge in [0.05, 0.1) is 6.20 Å². The summed E-state index contributed by atoms with van der Waals surface area (Å²) in [7, 11) is -3.54. The highest BCUT2D eigenvalue weighted by Crippen LogP contribution is 2.35. The van der Waals surface area contributed by atoms with Gasteiger partial charge < -0.3 is 5.32 Å². The third kappa shape index (κ3) is 4.28. The molecule has 6 nitrogen and oxygen atoms in total. The average Bonchev–Trinajstić information content (AvgIpc) is 2.83. The number of nitrogens with one attached hydrogen (secondary N) is 3. The number of H-pyrrole nitrogens is 1. The lowest BCUT2D eigenvalue weighted by Crippen LogP contribution is -2.41. The van der Waals surface area contributed by atoms with Crippen molar-refractivity contribution in [1.29, 1.82) is 0 Å². The SMILES string of the molecule is CCNCc1cn[nH]c1S(=O)(=O)NC1CCCC(C)(C)C1. The van der Waals surface area contributed by atoms with Crippen molar-refractivity contribution in [2.45, 2.75) is 64.1 Å². The molecular weight excluding hydrogens is 288 g/mol. The first-order valence-electron chi connectivity index (χ1n) is 7.59. The second kappa shape index (κ2) is 6.46. The van der Waals surface area contributed by atoms with Gasteiger partial charge in [0.15, 0.2) is 5.03 Å². The molecule has 1 aromatic heterocycles. The number of aromatic nitrogens is 2. The van der Waals surface area contributed by atoms with Gasteiger partial charge in [-0.3, -0.25) is 5.10 Å². The fraction of sp³-hybridized carbons (Fsp3) is 0.786. The van der Waals surface area contributed by atoms with Gasteiger partial charge in [-0.1, -0.05) is 27.2 Å². The molecule has 1 unspecified atom stereocenters. The average molecular weight is 314 g/mol. The molecular formula is C14H26N4O2S. The van der Waals surface area contributed by atoms with Crippen molar-refractivity contribution >= 4 is 10.0 Å². The van der Waals surface area contributed by atoms with E-state index in [1.807, 2.05) is 6.92 Å². The van der Waals surface area contributed by atoms with Gasteiger partial charge in [-0.25, -0.2) is 13.1 Å². The van der Waals surface area contributed by atoms with Crippen LogP contribution >= 0.6 is 0 Å². The molecule has 7 heteroatoms. The van der Waals surface area contributed by atoms with Gasteiger partial charge >= 0.3 is 0 Å². The predicted molar refractivity (Wildman–Crippen MR) is 82.3 cm³/mol. The predicted octanol–water partition coefficient (Wildman–Crippen LogP) is 1.77. The molecule has 0 aromatic carbocycles. The van der Waals surface area contributed by atoms with Gasteiger partial charge in [0, 0.05) is 18.2 Å². The quantitative estimate of drug-likeness (QED) is 0.747. The number of sulfonamides is 1. The molecule has 1 heterocycles. The van der Waals surface area contributed by atoms with Crippen LogP contribution in [0.25, 0.3) is 0 Å². The van der Waals surface area contributed by atoms with E-state index in [0.29, 0.717) is 12.1 Å². The summed E-state index contributed by atoms with van der Waals surface area (Å²) < 4.78 is 27.9. The normalized spacial score (nSPS) is 22.3. The zero-order valence-corrected chi connectivity index (χ0v) is 13.9. The van der Waals surface area contributed by atoms with Gasteiger partial charge in [0.25, 0.3) is 10.0 Å². The minimum atomic E-state index is -3.54. The minimum absolute atomic E-state index is 0.00837. The summed E-state index contributed by atoms with van der Waals surface area (Å²) in [6, 6.07) is 0.00837. The van der Waals surface area contributed by atoms with E-state index in [2.05, 4.69) is 34.1 Å². The van der Waals surface area contributed by atoms with Crippen molar-refractivity contribution in [3.8, 4) is 0 Å². The van der Waals surface area contributed by atoms with Gasteiger partial charge in [-0.05, 0) is 31.2 Å². The molecule has 1 aromatic rings. The second-order valence-electron chi connectivity index (χ2n) is 6.58. The molecule has 0 spiro atoms. The summed E-state index contributed by atoms with van der Waals surface area (Å²) in [5.74, 6) is 0. The van der Waals surface area contributed by atoms with E-state index < -0.39 is 10.0 Å². The Morgan fingerprint density at radius 2 is 2.24 bits per heavy atom. The molecule has 1 aliphatic rings. The van der Waals surface area contributed by atoms with Gasteiger partial charge in [-0.2, -0.15) is 5.10 Å². The largest absolute Gasteiger partial charge is 0.313 e. The summed E-state index contributed by atoms with van der Waals surface area (Å²) in [6.07, 6.45) is 5.57. The van der Waals surface area contributed by atoms with E-state index in [0.717, 1.165) is 32.2 Å². The van der Waals surface area contributed by atoms with Crippen molar-refractivity contribution in [3.63, 3.8) is 0 Å². The molecule has 0 amide bonds. The summed E-state index contributed by atoms with van der Waals surface area (Å²) in [5.41, 5.74) is 0.880. The van der Waals surface area contributed by atoms with Crippen molar-refractivity contribution in [3.05, 3.63) is 11.8 Å². The summed E-state index contributed by atoms with van der Waals surface area (Å²) in [6.45, 7) is 7.66. The molecule has 0 saturated heterocycles.